The van der Waals surface area contributed by atoms with E-state index in [4.69, 9.17) is 10.5 Å². The summed E-state index contributed by atoms with van der Waals surface area (Å²) in [6, 6.07) is 7.60. The normalized spacial score (nSPS) is 15.1. The van der Waals surface area contributed by atoms with Gasteiger partial charge in [0.1, 0.15) is 17.5 Å². The summed E-state index contributed by atoms with van der Waals surface area (Å²) in [6.45, 7) is 2.66. The van der Waals surface area contributed by atoms with E-state index in [0.29, 0.717) is 49.3 Å². The van der Waals surface area contributed by atoms with Gasteiger partial charge in [-0.1, -0.05) is 6.07 Å². The van der Waals surface area contributed by atoms with Gasteiger partial charge in [0.25, 0.3) is 0 Å². The number of nitrogen functional groups attached to an aromatic ring is 1. The van der Waals surface area contributed by atoms with E-state index in [1.807, 2.05) is 17.0 Å². The first-order valence-electron chi connectivity index (χ1n) is 6.34. The molecule has 2 N–H and O–H groups in total. The molecule has 0 unspecified atom stereocenters. The second-order valence-electron chi connectivity index (χ2n) is 4.39. The van der Waals surface area contributed by atoms with Crippen LogP contribution in [0.5, 0.6) is 0 Å². The summed E-state index contributed by atoms with van der Waals surface area (Å²) in [6.07, 6.45) is 1.66. The lowest BCUT2D eigenvalue weighted by molar-refractivity contribution is 0.122. The number of hydrogen-bond acceptors (Lipinski definition) is 6. The molecule has 20 heavy (non-hydrogen) atoms. The standard InChI is InChI=1S/C13H14N6O/c14-9-10-12(15)19(11-3-1-2-4-16-11)17-13(10)18-5-7-20-8-6-18/h1-4H,5-8,15H2. The van der Waals surface area contributed by atoms with Gasteiger partial charge in [0.15, 0.2) is 11.6 Å². The lowest BCUT2D eigenvalue weighted by atomic mass is 10.3. The molecule has 2 aromatic heterocycles. The van der Waals surface area contributed by atoms with Gasteiger partial charge in [0, 0.05) is 19.3 Å². The Bertz CT molecular complexity index is 639. The highest BCUT2D eigenvalue weighted by Crippen LogP contribution is 2.26. The monoisotopic (exact) mass is 270 g/mol. The number of nitrogens with zero attached hydrogens (tertiary/aromatic N) is 5. The van der Waals surface area contributed by atoms with Crippen molar-refractivity contribution in [1.82, 2.24) is 14.8 Å². The molecule has 2 aromatic rings. The van der Waals surface area contributed by atoms with Crippen molar-refractivity contribution in [3.05, 3.63) is 30.0 Å². The minimum atomic E-state index is 0.313. The average Bonchev–Trinajstić information content (AvgIpc) is 2.86. The van der Waals surface area contributed by atoms with Crippen LogP contribution >= 0.6 is 0 Å². The van der Waals surface area contributed by atoms with Crippen molar-refractivity contribution < 1.29 is 4.74 Å². The highest BCUT2D eigenvalue weighted by molar-refractivity contribution is 5.66. The molecule has 0 aliphatic carbocycles. The second-order valence-corrected chi connectivity index (χ2v) is 4.39. The van der Waals surface area contributed by atoms with Crippen molar-refractivity contribution in [2.24, 2.45) is 0 Å². The molecule has 7 heteroatoms. The first kappa shape index (κ1) is 12.4. The summed E-state index contributed by atoms with van der Waals surface area (Å²) < 4.78 is 6.82. The molecule has 1 saturated heterocycles. The zero-order valence-corrected chi connectivity index (χ0v) is 10.9. The maximum Gasteiger partial charge on any atom is 0.171 e. The van der Waals surface area contributed by atoms with Crippen LogP contribution in [0.2, 0.25) is 0 Å². The summed E-state index contributed by atoms with van der Waals surface area (Å²) in [5, 5.41) is 13.8. The number of hydrogen-bond donors (Lipinski definition) is 1. The van der Waals surface area contributed by atoms with Crippen LogP contribution in [0.1, 0.15) is 5.56 Å². The minimum Gasteiger partial charge on any atom is -0.382 e. The third-order valence-electron chi connectivity index (χ3n) is 3.19. The van der Waals surface area contributed by atoms with Gasteiger partial charge in [0.2, 0.25) is 0 Å². The third-order valence-corrected chi connectivity index (χ3v) is 3.19. The van der Waals surface area contributed by atoms with Crippen molar-refractivity contribution in [3.8, 4) is 11.9 Å². The molecule has 7 nitrogen and oxygen atoms in total. The fourth-order valence-corrected chi connectivity index (χ4v) is 2.18. The average molecular weight is 270 g/mol. The molecule has 0 spiro atoms. The van der Waals surface area contributed by atoms with E-state index >= 15 is 0 Å². The quantitative estimate of drug-likeness (QED) is 0.857. The number of nitrogens with two attached hydrogens (primary N) is 1. The van der Waals surface area contributed by atoms with Crippen LogP contribution < -0.4 is 10.6 Å². The van der Waals surface area contributed by atoms with Gasteiger partial charge in [-0.25, -0.2) is 4.98 Å². The maximum atomic E-state index is 9.33. The van der Waals surface area contributed by atoms with E-state index in [1.54, 1.807) is 12.3 Å². The molecule has 0 atom stereocenters. The van der Waals surface area contributed by atoms with Crippen LogP contribution in [-0.2, 0) is 4.74 Å². The van der Waals surface area contributed by atoms with Crippen molar-refractivity contribution >= 4 is 11.6 Å². The predicted octanol–water partition coefficient (Wildman–Crippen LogP) is 0.558. The van der Waals surface area contributed by atoms with Crippen molar-refractivity contribution in [3.63, 3.8) is 0 Å². The van der Waals surface area contributed by atoms with Crippen molar-refractivity contribution in [1.29, 1.82) is 5.26 Å². The van der Waals surface area contributed by atoms with E-state index in [9.17, 15) is 5.26 Å². The zero-order chi connectivity index (χ0) is 13.9. The number of morpholine rings is 1. The summed E-state index contributed by atoms with van der Waals surface area (Å²) in [5.41, 5.74) is 6.42. The highest BCUT2D eigenvalue weighted by atomic mass is 16.5. The molecule has 1 aliphatic heterocycles. The molecule has 1 aliphatic rings. The number of ether oxygens (including phenoxy) is 1. The van der Waals surface area contributed by atoms with E-state index in [1.165, 1.54) is 4.68 Å². The molecule has 0 saturated carbocycles. The Morgan fingerprint density at radius 1 is 1.30 bits per heavy atom. The van der Waals surface area contributed by atoms with Crippen LogP contribution in [0.3, 0.4) is 0 Å². The Morgan fingerprint density at radius 3 is 2.75 bits per heavy atom. The van der Waals surface area contributed by atoms with E-state index in [2.05, 4.69) is 16.2 Å². The van der Waals surface area contributed by atoms with E-state index in [-0.39, 0.29) is 0 Å². The molecule has 0 bridgehead atoms. The molecule has 3 rings (SSSR count). The molecular formula is C13H14N6O. The Hall–Kier alpha value is -2.59. The third kappa shape index (κ3) is 2.06. The summed E-state index contributed by atoms with van der Waals surface area (Å²) >= 11 is 0. The summed E-state index contributed by atoms with van der Waals surface area (Å²) in [7, 11) is 0. The lowest BCUT2D eigenvalue weighted by Crippen LogP contribution is -2.37. The second kappa shape index (κ2) is 5.19. The minimum absolute atomic E-state index is 0.313. The van der Waals surface area contributed by atoms with Crippen LogP contribution in [0.15, 0.2) is 24.4 Å². The van der Waals surface area contributed by atoms with Gasteiger partial charge >= 0.3 is 0 Å². The summed E-state index contributed by atoms with van der Waals surface area (Å²) in [4.78, 5) is 6.22. The number of anilines is 2. The van der Waals surface area contributed by atoms with E-state index < -0.39 is 0 Å². The first-order chi connectivity index (χ1) is 9.81. The van der Waals surface area contributed by atoms with Gasteiger partial charge in [-0.3, -0.25) is 0 Å². The zero-order valence-electron chi connectivity index (χ0n) is 10.9. The molecule has 0 amide bonds. The SMILES string of the molecule is N#Cc1c(N2CCOCC2)nn(-c2ccccn2)c1N. The van der Waals surface area contributed by atoms with Crippen LogP contribution in [0.4, 0.5) is 11.6 Å². The van der Waals surface area contributed by atoms with Crippen LogP contribution in [0.25, 0.3) is 5.82 Å². The molecular weight excluding hydrogens is 256 g/mol. The summed E-state index contributed by atoms with van der Waals surface area (Å²) in [5.74, 6) is 1.51. The number of rotatable bonds is 2. The molecule has 102 valence electrons. The Morgan fingerprint density at radius 2 is 2.10 bits per heavy atom. The van der Waals surface area contributed by atoms with Gasteiger partial charge in [-0.15, -0.1) is 5.10 Å². The number of aromatic nitrogens is 3. The van der Waals surface area contributed by atoms with Gasteiger partial charge in [-0.2, -0.15) is 9.94 Å². The lowest BCUT2D eigenvalue weighted by Gasteiger charge is -2.26. The van der Waals surface area contributed by atoms with Crippen molar-refractivity contribution in [2.75, 3.05) is 36.9 Å². The largest absolute Gasteiger partial charge is 0.382 e. The van der Waals surface area contributed by atoms with Crippen molar-refractivity contribution in [2.45, 2.75) is 0 Å². The van der Waals surface area contributed by atoms with Gasteiger partial charge in [-0.05, 0) is 12.1 Å². The van der Waals surface area contributed by atoms with Gasteiger partial charge < -0.3 is 15.4 Å². The fourth-order valence-electron chi connectivity index (χ4n) is 2.18. The topological polar surface area (TPSA) is 93.0 Å². The van der Waals surface area contributed by atoms with Crippen LogP contribution in [0, 0.1) is 11.3 Å². The fraction of sp³-hybridized carbons (Fsp3) is 0.308. The highest BCUT2D eigenvalue weighted by Gasteiger charge is 2.23. The van der Waals surface area contributed by atoms with E-state index in [0.717, 1.165) is 0 Å². The Labute approximate surface area is 116 Å². The Balaban J connectivity index is 2.05. The number of pyridine rings is 1. The molecule has 0 aromatic carbocycles. The van der Waals surface area contributed by atoms with Gasteiger partial charge in [0.05, 0.1) is 13.2 Å². The van der Waals surface area contributed by atoms with Crippen LogP contribution in [-0.4, -0.2) is 41.1 Å². The smallest absolute Gasteiger partial charge is 0.171 e. The molecule has 3 heterocycles. The molecule has 1 fully saturated rings. The number of nitriles is 1. The maximum absolute atomic E-state index is 9.33. The Kier molecular flexibility index (Phi) is 3.23. The predicted molar refractivity (Wildman–Crippen MR) is 73.5 cm³/mol. The molecule has 0 radical (unpaired) electrons. The first-order valence-corrected chi connectivity index (χ1v) is 6.34.